The van der Waals surface area contributed by atoms with Gasteiger partial charge in [-0.25, -0.2) is 0 Å². The summed E-state index contributed by atoms with van der Waals surface area (Å²) in [5.74, 6) is 1.56. The summed E-state index contributed by atoms with van der Waals surface area (Å²) in [4.78, 5) is 0. The van der Waals surface area contributed by atoms with Crippen molar-refractivity contribution in [2.24, 2.45) is 11.8 Å². The lowest BCUT2D eigenvalue weighted by molar-refractivity contribution is 0.209. The van der Waals surface area contributed by atoms with E-state index in [4.69, 9.17) is 11.6 Å². The van der Waals surface area contributed by atoms with Crippen molar-refractivity contribution in [2.75, 3.05) is 7.05 Å². The van der Waals surface area contributed by atoms with Crippen LogP contribution in [0.2, 0.25) is 5.02 Å². The van der Waals surface area contributed by atoms with Gasteiger partial charge in [-0.3, -0.25) is 4.68 Å². The Hall–Kier alpha value is -0.540. The molecule has 0 saturated heterocycles. The maximum atomic E-state index is 6.36. The highest BCUT2D eigenvalue weighted by Crippen LogP contribution is 2.39. The van der Waals surface area contributed by atoms with Gasteiger partial charge in [0, 0.05) is 6.54 Å². The van der Waals surface area contributed by atoms with E-state index in [0.29, 0.717) is 12.0 Å². The fourth-order valence-electron chi connectivity index (χ4n) is 3.53. The summed E-state index contributed by atoms with van der Waals surface area (Å²) in [6.07, 6.45) is 8.43. The first kappa shape index (κ1) is 14.9. The Kier molecular flexibility index (Phi) is 5.28. The number of aromatic nitrogens is 2. The summed E-state index contributed by atoms with van der Waals surface area (Å²) in [6, 6.07) is 0.337. The largest absolute Gasteiger partial charge is 0.311 e. The molecule has 3 nitrogen and oxygen atoms in total. The number of rotatable bonds is 5. The third kappa shape index (κ3) is 3.14. The molecule has 2 rings (SSSR count). The van der Waals surface area contributed by atoms with Crippen LogP contribution in [0.25, 0.3) is 0 Å². The van der Waals surface area contributed by atoms with Gasteiger partial charge in [0.25, 0.3) is 0 Å². The van der Waals surface area contributed by atoms with E-state index in [-0.39, 0.29) is 0 Å². The van der Waals surface area contributed by atoms with Crippen LogP contribution in [0.15, 0.2) is 6.20 Å². The second-order valence-corrected chi connectivity index (χ2v) is 6.07. The molecular formula is C15H26ClN3. The molecule has 19 heavy (non-hydrogen) atoms. The van der Waals surface area contributed by atoms with Gasteiger partial charge in [0.15, 0.2) is 0 Å². The van der Waals surface area contributed by atoms with Crippen LogP contribution in [-0.2, 0) is 6.54 Å². The van der Waals surface area contributed by atoms with Crippen LogP contribution in [0.4, 0.5) is 0 Å². The van der Waals surface area contributed by atoms with Crippen LogP contribution in [0.1, 0.15) is 57.7 Å². The fourth-order valence-corrected chi connectivity index (χ4v) is 3.79. The number of nitrogens with zero attached hydrogens (tertiary/aromatic N) is 2. The lowest BCUT2D eigenvalue weighted by Crippen LogP contribution is -2.31. The SMILES string of the molecule is CCC1CCCC(C(NC)c2c(Cl)cnn2CC)C1. The average Bonchev–Trinajstić information content (AvgIpc) is 2.82. The molecular weight excluding hydrogens is 258 g/mol. The number of halogens is 1. The lowest BCUT2D eigenvalue weighted by atomic mass is 9.76. The highest BCUT2D eigenvalue weighted by molar-refractivity contribution is 6.31. The molecule has 4 heteroatoms. The lowest BCUT2D eigenvalue weighted by Gasteiger charge is -2.34. The molecule has 0 spiro atoms. The van der Waals surface area contributed by atoms with Crippen LogP contribution < -0.4 is 5.32 Å². The summed E-state index contributed by atoms with van der Waals surface area (Å²) >= 11 is 6.36. The molecule has 0 bridgehead atoms. The van der Waals surface area contributed by atoms with E-state index in [1.165, 1.54) is 37.8 Å². The molecule has 1 aromatic rings. The maximum Gasteiger partial charge on any atom is 0.0834 e. The van der Waals surface area contributed by atoms with Crippen molar-refractivity contribution >= 4 is 11.6 Å². The first-order valence-electron chi connectivity index (χ1n) is 7.59. The number of aryl methyl sites for hydroxylation is 1. The molecule has 1 N–H and O–H groups in total. The van der Waals surface area contributed by atoms with Crippen molar-refractivity contribution in [1.29, 1.82) is 0 Å². The predicted octanol–water partition coefficient (Wildman–Crippen LogP) is 4.03. The van der Waals surface area contributed by atoms with Crippen LogP contribution in [-0.4, -0.2) is 16.8 Å². The van der Waals surface area contributed by atoms with Gasteiger partial charge >= 0.3 is 0 Å². The standard InChI is InChI=1S/C15H26ClN3/c1-4-11-7-6-8-12(9-11)14(17-3)15-13(16)10-18-19(15)5-2/h10-12,14,17H,4-9H2,1-3H3. The molecule has 1 aliphatic carbocycles. The average molecular weight is 284 g/mol. The van der Waals surface area contributed by atoms with E-state index in [0.717, 1.165) is 17.5 Å². The zero-order chi connectivity index (χ0) is 13.8. The third-order valence-corrected chi connectivity index (χ3v) is 4.90. The smallest absolute Gasteiger partial charge is 0.0834 e. The summed E-state index contributed by atoms with van der Waals surface area (Å²) in [5.41, 5.74) is 1.17. The molecule has 1 heterocycles. The van der Waals surface area contributed by atoms with E-state index in [9.17, 15) is 0 Å². The Labute approximate surface area is 121 Å². The van der Waals surface area contributed by atoms with Gasteiger partial charge in [0.2, 0.25) is 0 Å². The topological polar surface area (TPSA) is 29.9 Å². The first-order chi connectivity index (χ1) is 9.21. The van der Waals surface area contributed by atoms with Gasteiger partial charge in [-0.2, -0.15) is 5.10 Å². The highest BCUT2D eigenvalue weighted by Gasteiger charge is 2.31. The summed E-state index contributed by atoms with van der Waals surface area (Å²) in [5, 5.41) is 8.68. The van der Waals surface area contributed by atoms with E-state index in [1.54, 1.807) is 6.20 Å². The van der Waals surface area contributed by atoms with Crippen molar-refractivity contribution in [3.8, 4) is 0 Å². The Morgan fingerprint density at radius 1 is 1.47 bits per heavy atom. The quantitative estimate of drug-likeness (QED) is 0.884. The van der Waals surface area contributed by atoms with Crippen molar-refractivity contribution < 1.29 is 0 Å². The Balaban J connectivity index is 2.21. The maximum absolute atomic E-state index is 6.36. The minimum atomic E-state index is 0.337. The second-order valence-electron chi connectivity index (χ2n) is 5.66. The van der Waals surface area contributed by atoms with Gasteiger partial charge in [0.05, 0.1) is 23.0 Å². The number of nitrogens with one attached hydrogen (secondary N) is 1. The summed E-state index contributed by atoms with van der Waals surface area (Å²) in [7, 11) is 2.05. The molecule has 108 valence electrons. The minimum absolute atomic E-state index is 0.337. The molecule has 3 unspecified atom stereocenters. The summed E-state index contributed by atoms with van der Waals surface area (Å²) < 4.78 is 2.04. The van der Waals surface area contributed by atoms with Gasteiger partial charge < -0.3 is 5.32 Å². The van der Waals surface area contributed by atoms with Crippen molar-refractivity contribution in [1.82, 2.24) is 15.1 Å². The molecule has 0 aromatic carbocycles. The number of hydrogen-bond donors (Lipinski definition) is 1. The van der Waals surface area contributed by atoms with Gasteiger partial charge in [-0.05, 0) is 38.6 Å². The molecule has 0 aliphatic heterocycles. The second kappa shape index (κ2) is 6.76. The van der Waals surface area contributed by atoms with Gasteiger partial charge in [-0.15, -0.1) is 0 Å². The molecule has 0 radical (unpaired) electrons. The first-order valence-corrected chi connectivity index (χ1v) is 7.97. The van der Waals surface area contributed by atoms with Crippen molar-refractivity contribution in [3.05, 3.63) is 16.9 Å². The number of hydrogen-bond acceptors (Lipinski definition) is 2. The Morgan fingerprint density at radius 3 is 2.89 bits per heavy atom. The predicted molar refractivity (Wildman–Crippen MR) is 80.5 cm³/mol. The normalized spacial score (nSPS) is 25.5. The van der Waals surface area contributed by atoms with E-state index < -0.39 is 0 Å². The molecule has 0 amide bonds. The van der Waals surface area contributed by atoms with Crippen LogP contribution in [0.3, 0.4) is 0 Å². The van der Waals surface area contributed by atoms with Gasteiger partial charge in [0.1, 0.15) is 0 Å². The van der Waals surface area contributed by atoms with E-state index in [1.807, 2.05) is 11.7 Å². The molecule has 3 atom stereocenters. The van der Waals surface area contributed by atoms with E-state index in [2.05, 4.69) is 24.3 Å². The Morgan fingerprint density at radius 2 is 2.26 bits per heavy atom. The fraction of sp³-hybridized carbons (Fsp3) is 0.800. The van der Waals surface area contributed by atoms with Gasteiger partial charge in [-0.1, -0.05) is 37.8 Å². The van der Waals surface area contributed by atoms with Crippen LogP contribution >= 0.6 is 11.6 Å². The highest BCUT2D eigenvalue weighted by atomic mass is 35.5. The zero-order valence-electron chi connectivity index (χ0n) is 12.3. The summed E-state index contributed by atoms with van der Waals surface area (Å²) in [6.45, 7) is 5.31. The molecule has 1 aliphatic rings. The van der Waals surface area contributed by atoms with E-state index >= 15 is 0 Å². The van der Waals surface area contributed by atoms with Crippen LogP contribution in [0.5, 0.6) is 0 Å². The monoisotopic (exact) mass is 283 g/mol. The zero-order valence-corrected chi connectivity index (χ0v) is 13.1. The Bertz CT molecular complexity index is 402. The molecule has 1 fully saturated rings. The van der Waals surface area contributed by atoms with Crippen molar-refractivity contribution in [2.45, 2.75) is 58.5 Å². The molecule has 1 saturated carbocycles. The molecule has 1 aromatic heterocycles. The minimum Gasteiger partial charge on any atom is -0.311 e. The van der Waals surface area contributed by atoms with Crippen LogP contribution in [0, 0.1) is 11.8 Å². The van der Waals surface area contributed by atoms with Crippen molar-refractivity contribution in [3.63, 3.8) is 0 Å². The third-order valence-electron chi connectivity index (χ3n) is 4.61.